The monoisotopic (exact) mass is 367 g/mol. The second kappa shape index (κ2) is 9.63. The summed E-state index contributed by atoms with van der Waals surface area (Å²) >= 11 is 5.97. The number of ether oxygens (including phenoxy) is 1. The highest BCUT2D eigenvalue weighted by Crippen LogP contribution is 2.23. The number of carbonyl (C=O) groups is 2. The van der Waals surface area contributed by atoms with Gasteiger partial charge in [0.05, 0.1) is 5.56 Å². The SMILES string of the molecule is CC1CCN(C(=O)CCNC(=O)c2cc(Cl)ccc2OCCN)CC1. The van der Waals surface area contributed by atoms with Gasteiger partial charge in [-0.15, -0.1) is 0 Å². The summed E-state index contributed by atoms with van der Waals surface area (Å²) in [6.45, 7) is 4.77. The molecule has 0 unspecified atom stereocenters. The van der Waals surface area contributed by atoms with Crippen LogP contribution < -0.4 is 15.8 Å². The molecule has 0 spiro atoms. The molecule has 25 heavy (non-hydrogen) atoms. The van der Waals surface area contributed by atoms with Gasteiger partial charge in [-0.3, -0.25) is 9.59 Å². The number of benzene rings is 1. The number of hydrogen-bond donors (Lipinski definition) is 2. The first-order chi connectivity index (χ1) is 12.0. The third-order valence-electron chi connectivity index (χ3n) is 4.32. The molecule has 1 heterocycles. The molecule has 0 aromatic heterocycles. The average Bonchev–Trinajstić information content (AvgIpc) is 2.61. The van der Waals surface area contributed by atoms with Gasteiger partial charge >= 0.3 is 0 Å². The van der Waals surface area contributed by atoms with Crippen LogP contribution in [0.4, 0.5) is 0 Å². The van der Waals surface area contributed by atoms with Crippen LogP contribution in [0.2, 0.25) is 5.02 Å². The van der Waals surface area contributed by atoms with Crippen LogP contribution in [0.5, 0.6) is 5.75 Å². The molecule has 1 aromatic rings. The van der Waals surface area contributed by atoms with E-state index in [1.54, 1.807) is 18.2 Å². The van der Waals surface area contributed by atoms with Gasteiger partial charge in [-0.05, 0) is 37.0 Å². The summed E-state index contributed by atoms with van der Waals surface area (Å²) in [4.78, 5) is 26.5. The van der Waals surface area contributed by atoms with E-state index in [1.165, 1.54) is 0 Å². The zero-order valence-corrected chi connectivity index (χ0v) is 15.3. The first kappa shape index (κ1) is 19.5. The van der Waals surface area contributed by atoms with Crippen LogP contribution in [-0.2, 0) is 4.79 Å². The van der Waals surface area contributed by atoms with Crippen molar-refractivity contribution in [2.75, 3.05) is 32.8 Å². The van der Waals surface area contributed by atoms with Crippen LogP contribution in [0.25, 0.3) is 0 Å². The molecule has 2 amide bonds. The Kier molecular flexibility index (Phi) is 7.52. The van der Waals surface area contributed by atoms with E-state index in [2.05, 4.69) is 12.2 Å². The summed E-state index contributed by atoms with van der Waals surface area (Å²) in [5.41, 5.74) is 5.78. The van der Waals surface area contributed by atoms with Crippen LogP contribution in [0, 0.1) is 5.92 Å². The fraction of sp³-hybridized carbons (Fsp3) is 0.556. The molecule has 7 heteroatoms. The van der Waals surface area contributed by atoms with E-state index >= 15 is 0 Å². The molecule has 0 radical (unpaired) electrons. The third-order valence-corrected chi connectivity index (χ3v) is 4.56. The second-order valence-corrected chi connectivity index (χ2v) is 6.78. The number of halogens is 1. The topological polar surface area (TPSA) is 84.7 Å². The van der Waals surface area contributed by atoms with E-state index in [1.807, 2.05) is 4.90 Å². The van der Waals surface area contributed by atoms with Gasteiger partial charge in [0.2, 0.25) is 5.91 Å². The van der Waals surface area contributed by atoms with Crippen LogP contribution in [0.3, 0.4) is 0 Å². The van der Waals surface area contributed by atoms with Gasteiger partial charge < -0.3 is 20.7 Å². The average molecular weight is 368 g/mol. The van der Waals surface area contributed by atoms with Gasteiger partial charge in [0.25, 0.3) is 5.91 Å². The molecule has 0 atom stereocenters. The fourth-order valence-electron chi connectivity index (χ4n) is 2.77. The smallest absolute Gasteiger partial charge is 0.255 e. The number of carbonyl (C=O) groups excluding carboxylic acids is 2. The van der Waals surface area contributed by atoms with Crippen molar-refractivity contribution in [3.63, 3.8) is 0 Å². The van der Waals surface area contributed by atoms with Crippen LogP contribution >= 0.6 is 11.6 Å². The van der Waals surface area contributed by atoms with Gasteiger partial charge in [-0.2, -0.15) is 0 Å². The minimum Gasteiger partial charge on any atom is -0.491 e. The summed E-state index contributed by atoms with van der Waals surface area (Å²) in [6, 6.07) is 4.86. The van der Waals surface area contributed by atoms with Crippen molar-refractivity contribution < 1.29 is 14.3 Å². The Morgan fingerprint density at radius 2 is 2.08 bits per heavy atom. The second-order valence-electron chi connectivity index (χ2n) is 6.35. The molecule has 0 bridgehead atoms. The lowest BCUT2D eigenvalue weighted by Crippen LogP contribution is -2.39. The van der Waals surface area contributed by atoms with Crippen molar-refractivity contribution in [3.05, 3.63) is 28.8 Å². The van der Waals surface area contributed by atoms with Crippen molar-refractivity contribution in [3.8, 4) is 5.75 Å². The number of nitrogens with two attached hydrogens (primary N) is 1. The molecule has 1 aliphatic heterocycles. The Labute approximate surface area is 153 Å². The molecule has 1 aliphatic rings. The molecule has 1 fully saturated rings. The number of nitrogens with one attached hydrogen (secondary N) is 1. The Bertz CT molecular complexity index is 601. The first-order valence-corrected chi connectivity index (χ1v) is 9.07. The van der Waals surface area contributed by atoms with E-state index in [9.17, 15) is 9.59 Å². The summed E-state index contributed by atoms with van der Waals surface area (Å²) < 4.78 is 5.48. The molecule has 6 nitrogen and oxygen atoms in total. The number of nitrogens with zero attached hydrogens (tertiary/aromatic N) is 1. The number of piperidine rings is 1. The molecule has 138 valence electrons. The van der Waals surface area contributed by atoms with E-state index < -0.39 is 0 Å². The minimum atomic E-state index is -0.311. The van der Waals surface area contributed by atoms with Gasteiger partial charge in [0.15, 0.2) is 0 Å². The highest BCUT2D eigenvalue weighted by Gasteiger charge is 2.20. The first-order valence-electron chi connectivity index (χ1n) is 8.69. The van der Waals surface area contributed by atoms with E-state index in [0.29, 0.717) is 41.8 Å². The Hall–Kier alpha value is -1.79. The molecule has 3 N–H and O–H groups in total. The predicted molar refractivity (Wildman–Crippen MR) is 97.9 cm³/mol. The Morgan fingerprint density at radius 3 is 2.76 bits per heavy atom. The summed E-state index contributed by atoms with van der Waals surface area (Å²) in [5, 5.41) is 3.21. The molecule has 0 saturated carbocycles. The number of hydrogen-bond acceptors (Lipinski definition) is 4. The van der Waals surface area contributed by atoms with Crippen molar-refractivity contribution in [1.82, 2.24) is 10.2 Å². The highest BCUT2D eigenvalue weighted by molar-refractivity contribution is 6.31. The van der Waals surface area contributed by atoms with E-state index in [4.69, 9.17) is 22.1 Å². The lowest BCUT2D eigenvalue weighted by Gasteiger charge is -2.30. The molecule has 2 rings (SSSR count). The normalized spacial score (nSPS) is 15.1. The zero-order chi connectivity index (χ0) is 18.2. The van der Waals surface area contributed by atoms with Crippen molar-refractivity contribution in [2.45, 2.75) is 26.2 Å². The van der Waals surface area contributed by atoms with E-state index in [-0.39, 0.29) is 18.4 Å². The zero-order valence-electron chi connectivity index (χ0n) is 14.6. The lowest BCUT2D eigenvalue weighted by atomic mass is 9.99. The molecule has 0 aliphatic carbocycles. The molecule has 1 aromatic carbocycles. The number of amides is 2. The maximum atomic E-state index is 12.4. The highest BCUT2D eigenvalue weighted by atomic mass is 35.5. The standard InChI is InChI=1S/C18H26ClN3O3/c1-13-5-9-22(10-6-13)17(23)4-8-21-18(24)15-12-14(19)2-3-16(15)25-11-7-20/h2-3,12-13H,4-11,20H2,1H3,(H,21,24). The maximum absolute atomic E-state index is 12.4. The summed E-state index contributed by atoms with van der Waals surface area (Å²) in [7, 11) is 0. The van der Waals surface area contributed by atoms with Gasteiger partial charge in [-0.25, -0.2) is 0 Å². The Morgan fingerprint density at radius 1 is 1.36 bits per heavy atom. The van der Waals surface area contributed by atoms with Crippen molar-refractivity contribution in [2.24, 2.45) is 11.7 Å². The number of likely N-dealkylation sites (tertiary alicyclic amines) is 1. The minimum absolute atomic E-state index is 0.0814. The van der Waals surface area contributed by atoms with Crippen molar-refractivity contribution >= 4 is 23.4 Å². The summed E-state index contributed by atoms with van der Waals surface area (Å²) in [6.07, 6.45) is 2.38. The Balaban J connectivity index is 1.85. The van der Waals surface area contributed by atoms with Crippen LogP contribution in [0.15, 0.2) is 18.2 Å². The molecular weight excluding hydrogens is 342 g/mol. The van der Waals surface area contributed by atoms with Gasteiger partial charge in [0, 0.05) is 37.6 Å². The van der Waals surface area contributed by atoms with Crippen molar-refractivity contribution in [1.29, 1.82) is 0 Å². The largest absolute Gasteiger partial charge is 0.491 e. The van der Waals surface area contributed by atoms with Gasteiger partial charge in [0.1, 0.15) is 12.4 Å². The third kappa shape index (κ3) is 5.90. The molecular formula is C18H26ClN3O3. The van der Waals surface area contributed by atoms with Gasteiger partial charge in [-0.1, -0.05) is 18.5 Å². The fourth-order valence-corrected chi connectivity index (χ4v) is 2.94. The maximum Gasteiger partial charge on any atom is 0.255 e. The predicted octanol–water partition coefficient (Wildman–Crippen LogP) is 2.06. The lowest BCUT2D eigenvalue weighted by molar-refractivity contribution is -0.132. The number of rotatable bonds is 7. The van der Waals surface area contributed by atoms with Crippen LogP contribution in [0.1, 0.15) is 36.5 Å². The van der Waals surface area contributed by atoms with E-state index in [0.717, 1.165) is 25.9 Å². The summed E-state index contributed by atoms with van der Waals surface area (Å²) in [5.74, 6) is 0.884. The quantitative estimate of drug-likeness (QED) is 0.772. The molecule has 1 saturated heterocycles. The van der Waals surface area contributed by atoms with Crippen LogP contribution in [-0.4, -0.2) is 49.5 Å².